The van der Waals surface area contributed by atoms with Crippen LogP contribution in [0.5, 0.6) is 0 Å². The monoisotopic (exact) mass is 338 g/mol. The van der Waals surface area contributed by atoms with E-state index in [1.807, 2.05) is 55.5 Å². The standard InChI is InChI=1S/C18H18N4OS/c1-14-5-7-17(8-6-14)24-11-18(23)21-16-4-2-3-15(9-16)10-22-13-19-12-20-22/h2-9,12-13H,10-11H2,1H3,(H,21,23). The smallest absolute Gasteiger partial charge is 0.234 e. The first kappa shape index (κ1) is 16.3. The summed E-state index contributed by atoms with van der Waals surface area (Å²) in [6, 6.07) is 15.9. The Bertz CT molecular complexity index is 800. The third kappa shape index (κ3) is 4.70. The van der Waals surface area contributed by atoms with Gasteiger partial charge in [-0.15, -0.1) is 11.8 Å². The van der Waals surface area contributed by atoms with Crippen molar-refractivity contribution in [1.82, 2.24) is 14.8 Å². The molecule has 0 fully saturated rings. The van der Waals surface area contributed by atoms with Gasteiger partial charge in [0.2, 0.25) is 5.91 Å². The molecule has 0 aliphatic carbocycles. The van der Waals surface area contributed by atoms with Crippen LogP contribution in [0.2, 0.25) is 0 Å². The van der Waals surface area contributed by atoms with Crippen molar-refractivity contribution in [1.29, 1.82) is 0 Å². The van der Waals surface area contributed by atoms with Crippen molar-refractivity contribution in [2.24, 2.45) is 0 Å². The number of amides is 1. The van der Waals surface area contributed by atoms with Gasteiger partial charge in [-0.2, -0.15) is 5.10 Å². The second-order valence-corrected chi connectivity index (χ2v) is 6.49. The fraction of sp³-hybridized carbons (Fsp3) is 0.167. The number of benzene rings is 2. The third-order valence-corrected chi connectivity index (χ3v) is 4.42. The van der Waals surface area contributed by atoms with E-state index in [1.165, 1.54) is 23.7 Å². The summed E-state index contributed by atoms with van der Waals surface area (Å²) < 4.78 is 1.74. The van der Waals surface area contributed by atoms with Crippen LogP contribution in [0.3, 0.4) is 0 Å². The summed E-state index contributed by atoms with van der Waals surface area (Å²) in [5, 5.41) is 7.02. The average Bonchev–Trinajstić information content (AvgIpc) is 3.08. The fourth-order valence-corrected chi connectivity index (χ4v) is 2.93. The van der Waals surface area contributed by atoms with Crippen LogP contribution in [0.1, 0.15) is 11.1 Å². The molecule has 0 atom stereocenters. The largest absolute Gasteiger partial charge is 0.325 e. The van der Waals surface area contributed by atoms with Crippen LogP contribution in [-0.4, -0.2) is 26.4 Å². The summed E-state index contributed by atoms with van der Waals surface area (Å²) in [4.78, 5) is 17.1. The zero-order valence-electron chi connectivity index (χ0n) is 13.3. The Morgan fingerprint density at radius 2 is 2.04 bits per heavy atom. The molecule has 6 heteroatoms. The van der Waals surface area contributed by atoms with Gasteiger partial charge in [0.05, 0.1) is 12.3 Å². The molecule has 1 aromatic heterocycles. The molecule has 5 nitrogen and oxygen atoms in total. The van der Waals surface area contributed by atoms with E-state index in [0.717, 1.165) is 16.1 Å². The van der Waals surface area contributed by atoms with E-state index in [0.29, 0.717) is 12.3 Å². The Morgan fingerprint density at radius 3 is 2.79 bits per heavy atom. The van der Waals surface area contributed by atoms with Gasteiger partial charge in [0, 0.05) is 10.6 Å². The van der Waals surface area contributed by atoms with E-state index < -0.39 is 0 Å². The summed E-state index contributed by atoms with van der Waals surface area (Å²) in [5.41, 5.74) is 3.07. The number of hydrogen-bond acceptors (Lipinski definition) is 4. The first-order chi connectivity index (χ1) is 11.7. The van der Waals surface area contributed by atoms with E-state index in [2.05, 4.69) is 15.4 Å². The van der Waals surface area contributed by atoms with Crippen molar-refractivity contribution in [2.75, 3.05) is 11.1 Å². The number of hydrogen-bond donors (Lipinski definition) is 1. The minimum atomic E-state index is -0.0153. The first-order valence-corrected chi connectivity index (χ1v) is 8.58. The highest BCUT2D eigenvalue weighted by molar-refractivity contribution is 8.00. The number of aryl methyl sites for hydroxylation is 1. The number of nitrogens with zero attached hydrogens (tertiary/aromatic N) is 3. The van der Waals surface area contributed by atoms with E-state index in [4.69, 9.17) is 0 Å². The maximum Gasteiger partial charge on any atom is 0.234 e. The number of carbonyl (C=O) groups is 1. The molecule has 0 spiro atoms. The summed E-state index contributed by atoms with van der Waals surface area (Å²) in [5.74, 6) is 0.370. The van der Waals surface area contributed by atoms with Gasteiger partial charge in [-0.3, -0.25) is 4.79 Å². The molecular weight excluding hydrogens is 320 g/mol. The van der Waals surface area contributed by atoms with Crippen LogP contribution in [0.15, 0.2) is 66.1 Å². The molecular formula is C18H18N4OS. The minimum absolute atomic E-state index is 0.0153. The van der Waals surface area contributed by atoms with Crippen molar-refractivity contribution in [3.05, 3.63) is 72.3 Å². The molecule has 1 heterocycles. The van der Waals surface area contributed by atoms with E-state index in [1.54, 1.807) is 11.0 Å². The molecule has 0 radical (unpaired) electrons. The molecule has 0 saturated carbocycles. The molecule has 1 N–H and O–H groups in total. The Labute approximate surface area is 145 Å². The maximum absolute atomic E-state index is 12.1. The van der Waals surface area contributed by atoms with Gasteiger partial charge >= 0.3 is 0 Å². The summed E-state index contributed by atoms with van der Waals surface area (Å²) in [7, 11) is 0. The maximum atomic E-state index is 12.1. The normalized spacial score (nSPS) is 10.5. The highest BCUT2D eigenvalue weighted by atomic mass is 32.2. The number of aromatic nitrogens is 3. The minimum Gasteiger partial charge on any atom is -0.325 e. The van der Waals surface area contributed by atoms with Crippen LogP contribution in [0.4, 0.5) is 5.69 Å². The highest BCUT2D eigenvalue weighted by Gasteiger charge is 2.05. The predicted octanol–water partition coefficient (Wildman–Crippen LogP) is 3.37. The molecule has 1 amide bonds. The lowest BCUT2D eigenvalue weighted by Gasteiger charge is -2.08. The van der Waals surface area contributed by atoms with Crippen molar-refractivity contribution in [3.63, 3.8) is 0 Å². The van der Waals surface area contributed by atoms with Crippen LogP contribution in [-0.2, 0) is 11.3 Å². The Balaban J connectivity index is 1.55. The average molecular weight is 338 g/mol. The second-order valence-electron chi connectivity index (χ2n) is 5.44. The summed E-state index contributed by atoms with van der Waals surface area (Å²) >= 11 is 1.53. The van der Waals surface area contributed by atoms with Crippen molar-refractivity contribution < 1.29 is 4.79 Å². The van der Waals surface area contributed by atoms with Crippen LogP contribution in [0, 0.1) is 6.92 Å². The van der Waals surface area contributed by atoms with E-state index in [9.17, 15) is 4.79 Å². The predicted molar refractivity (Wildman–Crippen MR) is 96.1 cm³/mol. The number of nitrogens with one attached hydrogen (secondary N) is 1. The molecule has 24 heavy (non-hydrogen) atoms. The first-order valence-electron chi connectivity index (χ1n) is 7.60. The third-order valence-electron chi connectivity index (χ3n) is 3.41. The lowest BCUT2D eigenvalue weighted by Crippen LogP contribution is -2.14. The zero-order valence-corrected chi connectivity index (χ0v) is 14.2. The SMILES string of the molecule is Cc1ccc(SCC(=O)Nc2cccc(Cn3cncn3)c2)cc1. The van der Waals surface area contributed by atoms with E-state index >= 15 is 0 Å². The number of thioether (sulfide) groups is 1. The van der Waals surface area contributed by atoms with Gasteiger partial charge < -0.3 is 5.32 Å². The zero-order chi connectivity index (χ0) is 16.8. The van der Waals surface area contributed by atoms with Crippen molar-refractivity contribution >= 4 is 23.4 Å². The number of anilines is 1. The molecule has 2 aromatic carbocycles. The van der Waals surface area contributed by atoms with Crippen LogP contribution >= 0.6 is 11.8 Å². The van der Waals surface area contributed by atoms with Crippen LogP contribution in [0.25, 0.3) is 0 Å². The summed E-state index contributed by atoms with van der Waals surface area (Å²) in [6.07, 6.45) is 3.18. The lowest BCUT2D eigenvalue weighted by atomic mass is 10.2. The fourth-order valence-electron chi connectivity index (χ4n) is 2.23. The van der Waals surface area contributed by atoms with Gasteiger partial charge in [-0.1, -0.05) is 29.8 Å². The van der Waals surface area contributed by atoms with Gasteiger partial charge in [0.1, 0.15) is 12.7 Å². The van der Waals surface area contributed by atoms with Gasteiger partial charge in [0.15, 0.2) is 0 Å². The highest BCUT2D eigenvalue weighted by Crippen LogP contribution is 2.19. The molecule has 122 valence electrons. The second kappa shape index (κ2) is 7.79. The van der Waals surface area contributed by atoms with Crippen LogP contribution < -0.4 is 5.32 Å². The van der Waals surface area contributed by atoms with Gasteiger partial charge in [-0.25, -0.2) is 9.67 Å². The number of carbonyl (C=O) groups excluding carboxylic acids is 1. The lowest BCUT2D eigenvalue weighted by molar-refractivity contribution is -0.113. The molecule has 0 aliphatic heterocycles. The number of rotatable bonds is 6. The van der Waals surface area contributed by atoms with Crippen molar-refractivity contribution in [3.8, 4) is 0 Å². The Morgan fingerprint density at radius 1 is 1.21 bits per heavy atom. The molecule has 0 aliphatic rings. The molecule has 3 aromatic rings. The molecule has 0 bridgehead atoms. The molecule has 0 saturated heterocycles. The van der Waals surface area contributed by atoms with Gasteiger partial charge in [-0.05, 0) is 36.8 Å². The van der Waals surface area contributed by atoms with Gasteiger partial charge in [0.25, 0.3) is 0 Å². The quantitative estimate of drug-likeness (QED) is 0.700. The van der Waals surface area contributed by atoms with Crippen molar-refractivity contribution in [2.45, 2.75) is 18.4 Å². The summed E-state index contributed by atoms with van der Waals surface area (Å²) in [6.45, 7) is 2.68. The Kier molecular flexibility index (Phi) is 5.28. The van der Waals surface area contributed by atoms with E-state index in [-0.39, 0.29) is 5.91 Å². The molecule has 0 unspecified atom stereocenters. The Hall–Kier alpha value is -2.60. The molecule has 3 rings (SSSR count). The topological polar surface area (TPSA) is 59.8 Å².